The van der Waals surface area contributed by atoms with Crippen molar-refractivity contribution in [1.29, 1.82) is 0 Å². The zero-order valence-corrected chi connectivity index (χ0v) is 12.8. The number of aliphatic imine (C=N–C) groups is 1. The van der Waals surface area contributed by atoms with Gasteiger partial charge in [-0.25, -0.2) is 8.42 Å². The van der Waals surface area contributed by atoms with Gasteiger partial charge < -0.3 is 11.1 Å². The van der Waals surface area contributed by atoms with E-state index < -0.39 is 9.84 Å². The van der Waals surface area contributed by atoms with Crippen molar-refractivity contribution in [2.45, 2.75) is 25.7 Å². The fraction of sp³-hybridized carbons (Fsp3) is 0.533. The quantitative estimate of drug-likeness (QED) is 0.652. The lowest BCUT2D eigenvalue weighted by molar-refractivity contribution is 0.591. The second kappa shape index (κ2) is 5.67. The van der Waals surface area contributed by atoms with Crippen molar-refractivity contribution in [2.24, 2.45) is 16.6 Å². The Bertz CT molecular complexity index is 667. The van der Waals surface area contributed by atoms with Gasteiger partial charge in [0.15, 0.2) is 15.8 Å². The minimum atomic E-state index is -2.84. The van der Waals surface area contributed by atoms with Crippen molar-refractivity contribution in [3.63, 3.8) is 0 Å². The molecule has 1 atom stereocenters. The predicted molar refractivity (Wildman–Crippen MR) is 85.3 cm³/mol. The second-order valence-corrected chi connectivity index (χ2v) is 8.19. The smallest absolute Gasteiger partial charge is 0.193 e. The van der Waals surface area contributed by atoms with Crippen LogP contribution < -0.4 is 11.1 Å². The van der Waals surface area contributed by atoms with Crippen molar-refractivity contribution in [1.82, 2.24) is 0 Å². The number of nitrogens with zero attached hydrogens (tertiary/aromatic N) is 1. The molecular weight excluding hydrogens is 286 g/mol. The summed E-state index contributed by atoms with van der Waals surface area (Å²) in [5.41, 5.74) is 9.65. The molecule has 0 radical (unpaired) electrons. The lowest BCUT2D eigenvalue weighted by Crippen LogP contribution is -2.24. The molecule has 1 unspecified atom stereocenters. The average molecular weight is 307 g/mol. The summed E-state index contributed by atoms with van der Waals surface area (Å²) in [6, 6.07) is 6.29. The lowest BCUT2D eigenvalue weighted by atomic mass is 10.1. The van der Waals surface area contributed by atoms with Gasteiger partial charge in [-0.05, 0) is 54.9 Å². The van der Waals surface area contributed by atoms with E-state index in [-0.39, 0.29) is 17.4 Å². The molecule has 0 saturated carbocycles. The van der Waals surface area contributed by atoms with Crippen LogP contribution >= 0.6 is 0 Å². The van der Waals surface area contributed by atoms with Gasteiger partial charge in [0.25, 0.3) is 0 Å². The van der Waals surface area contributed by atoms with E-state index in [9.17, 15) is 8.42 Å². The first-order chi connectivity index (χ1) is 10.0. The Hall–Kier alpha value is -1.56. The number of guanidine groups is 1. The molecule has 1 saturated heterocycles. The van der Waals surface area contributed by atoms with Crippen LogP contribution in [-0.2, 0) is 22.7 Å². The number of hydrogen-bond donors (Lipinski definition) is 2. The Labute approximate surface area is 125 Å². The van der Waals surface area contributed by atoms with Crippen LogP contribution in [-0.4, -0.2) is 32.4 Å². The van der Waals surface area contributed by atoms with E-state index in [1.165, 1.54) is 17.5 Å². The molecule has 0 bridgehead atoms. The van der Waals surface area contributed by atoms with Crippen LogP contribution in [0.5, 0.6) is 0 Å². The molecule has 1 aromatic rings. The SMILES string of the molecule is NC(=NCC1CCS(=O)(=O)C1)Nc1ccc2c(c1)CCC2. The zero-order chi connectivity index (χ0) is 14.9. The van der Waals surface area contributed by atoms with E-state index in [0.717, 1.165) is 18.5 Å². The number of rotatable bonds is 3. The first kappa shape index (κ1) is 14.4. The van der Waals surface area contributed by atoms with E-state index >= 15 is 0 Å². The van der Waals surface area contributed by atoms with Crippen LogP contribution in [0.3, 0.4) is 0 Å². The van der Waals surface area contributed by atoms with Crippen molar-refractivity contribution < 1.29 is 8.42 Å². The van der Waals surface area contributed by atoms with Gasteiger partial charge in [-0.3, -0.25) is 4.99 Å². The highest BCUT2D eigenvalue weighted by atomic mass is 32.2. The first-order valence-corrected chi connectivity index (χ1v) is 9.23. The summed E-state index contributed by atoms with van der Waals surface area (Å²) in [7, 11) is -2.84. The Balaban J connectivity index is 1.58. The molecule has 3 rings (SSSR count). The molecule has 1 aliphatic carbocycles. The maximum atomic E-state index is 11.4. The summed E-state index contributed by atoms with van der Waals surface area (Å²) >= 11 is 0. The first-order valence-electron chi connectivity index (χ1n) is 7.41. The molecule has 1 aromatic carbocycles. The van der Waals surface area contributed by atoms with E-state index in [0.29, 0.717) is 18.9 Å². The number of nitrogens with one attached hydrogen (secondary N) is 1. The monoisotopic (exact) mass is 307 g/mol. The Morgan fingerprint density at radius 3 is 2.90 bits per heavy atom. The number of fused-ring (bicyclic) bond motifs is 1. The number of hydrogen-bond acceptors (Lipinski definition) is 3. The third-order valence-electron chi connectivity index (χ3n) is 4.22. The van der Waals surface area contributed by atoms with Crippen LogP contribution in [0.2, 0.25) is 0 Å². The zero-order valence-electron chi connectivity index (χ0n) is 12.0. The van der Waals surface area contributed by atoms with Gasteiger partial charge in [-0.1, -0.05) is 6.07 Å². The summed E-state index contributed by atoms with van der Waals surface area (Å²) in [6.45, 7) is 0.475. The second-order valence-electron chi connectivity index (χ2n) is 5.96. The number of nitrogens with two attached hydrogens (primary N) is 1. The van der Waals surface area contributed by atoms with E-state index in [1.54, 1.807) is 0 Å². The fourth-order valence-corrected chi connectivity index (χ4v) is 4.93. The summed E-state index contributed by atoms with van der Waals surface area (Å²) in [5, 5.41) is 3.09. The molecular formula is C15H21N3O2S. The van der Waals surface area contributed by atoms with Crippen LogP contribution in [0.4, 0.5) is 5.69 Å². The van der Waals surface area contributed by atoms with Gasteiger partial charge in [0, 0.05) is 12.2 Å². The number of sulfone groups is 1. The standard InChI is InChI=1S/C15H21N3O2S/c16-15(17-9-11-6-7-21(19,20)10-11)18-14-5-4-12-2-1-3-13(12)8-14/h4-5,8,11H,1-3,6-7,9-10H2,(H3,16,17,18). The minimum Gasteiger partial charge on any atom is -0.370 e. The summed E-state index contributed by atoms with van der Waals surface area (Å²) in [6.07, 6.45) is 4.20. The van der Waals surface area contributed by atoms with Crippen molar-refractivity contribution in [3.05, 3.63) is 29.3 Å². The van der Waals surface area contributed by atoms with Crippen molar-refractivity contribution >= 4 is 21.5 Å². The summed E-state index contributed by atoms with van der Waals surface area (Å²) in [4.78, 5) is 4.28. The maximum Gasteiger partial charge on any atom is 0.193 e. The van der Waals surface area contributed by atoms with Crippen LogP contribution in [0.15, 0.2) is 23.2 Å². The van der Waals surface area contributed by atoms with Gasteiger partial charge in [-0.15, -0.1) is 0 Å². The molecule has 6 heteroatoms. The molecule has 114 valence electrons. The van der Waals surface area contributed by atoms with Gasteiger partial charge >= 0.3 is 0 Å². The van der Waals surface area contributed by atoms with Gasteiger partial charge in [-0.2, -0.15) is 0 Å². The molecule has 0 spiro atoms. The van der Waals surface area contributed by atoms with Crippen LogP contribution in [0.1, 0.15) is 24.0 Å². The van der Waals surface area contributed by atoms with Crippen LogP contribution in [0.25, 0.3) is 0 Å². The molecule has 1 aliphatic heterocycles. The van der Waals surface area contributed by atoms with Crippen LogP contribution in [0, 0.1) is 5.92 Å². The summed E-state index contributed by atoms with van der Waals surface area (Å²) < 4.78 is 22.8. The normalized spacial score (nSPS) is 24.0. The van der Waals surface area contributed by atoms with Crippen molar-refractivity contribution in [3.8, 4) is 0 Å². The minimum absolute atomic E-state index is 0.107. The molecule has 0 amide bonds. The van der Waals surface area contributed by atoms with E-state index in [2.05, 4.69) is 22.4 Å². The molecule has 1 heterocycles. The third-order valence-corrected chi connectivity index (χ3v) is 6.05. The highest BCUT2D eigenvalue weighted by molar-refractivity contribution is 7.91. The van der Waals surface area contributed by atoms with E-state index in [1.807, 2.05) is 6.07 Å². The van der Waals surface area contributed by atoms with Gasteiger partial charge in [0.1, 0.15) is 0 Å². The van der Waals surface area contributed by atoms with Crippen molar-refractivity contribution in [2.75, 3.05) is 23.4 Å². The highest BCUT2D eigenvalue weighted by Gasteiger charge is 2.27. The average Bonchev–Trinajstić information content (AvgIpc) is 3.02. The number of anilines is 1. The Morgan fingerprint density at radius 1 is 1.33 bits per heavy atom. The highest BCUT2D eigenvalue weighted by Crippen LogP contribution is 2.24. The molecule has 5 nitrogen and oxygen atoms in total. The predicted octanol–water partition coefficient (Wildman–Crippen LogP) is 1.34. The molecule has 21 heavy (non-hydrogen) atoms. The molecule has 0 aromatic heterocycles. The van der Waals surface area contributed by atoms with Gasteiger partial charge in [0.2, 0.25) is 0 Å². The molecule has 3 N–H and O–H groups in total. The third kappa shape index (κ3) is 3.56. The molecule has 2 aliphatic rings. The fourth-order valence-electron chi connectivity index (χ4n) is 3.08. The maximum absolute atomic E-state index is 11.4. The Kier molecular flexibility index (Phi) is 3.89. The van der Waals surface area contributed by atoms with Gasteiger partial charge in [0.05, 0.1) is 11.5 Å². The van der Waals surface area contributed by atoms with E-state index in [4.69, 9.17) is 5.73 Å². The summed E-state index contributed by atoms with van der Waals surface area (Å²) in [5.74, 6) is 0.987. The largest absolute Gasteiger partial charge is 0.370 e. The lowest BCUT2D eigenvalue weighted by Gasteiger charge is -2.09. The number of benzene rings is 1. The topological polar surface area (TPSA) is 84.5 Å². The number of aryl methyl sites for hydroxylation is 2. The Morgan fingerprint density at radius 2 is 2.14 bits per heavy atom. The molecule has 1 fully saturated rings.